The van der Waals surface area contributed by atoms with Crippen LogP contribution < -0.4 is 10.6 Å². The van der Waals surface area contributed by atoms with Gasteiger partial charge in [-0.3, -0.25) is 0 Å². The zero-order chi connectivity index (χ0) is 34.7. The Labute approximate surface area is 279 Å². The maximum absolute atomic E-state index is 5.94. The molecule has 0 atom stereocenters. The zero-order valence-electron chi connectivity index (χ0n) is 31.5. The molecule has 0 saturated carbocycles. The number of unbranched alkanes of at least 4 members (excludes halogenated alkanes) is 2. The summed E-state index contributed by atoms with van der Waals surface area (Å²) in [6.45, 7) is 28.1. The predicted molar refractivity (Wildman–Crippen MR) is 202 cm³/mol. The van der Waals surface area contributed by atoms with Crippen LogP contribution in [0.25, 0.3) is 11.6 Å². The topological polar surface area (TPSA) is 60.3 Å². The molecule has 2 rings (SSSR count). The molecule has 1 heterocycles. The average Bonchev–Trinajstić information content (AvgIpc) is 3.29. The van der Waals surface area contributed by atoms with E-state index in [1.165, 1.54) is 12.0 Å². The number of hydrogen-bond donors (Lipinski definition) is 2. The fourth-order valence-corrected chi connectivity index (χ4v) is 3.80. The third-order valence-electron chi connectivity index (χ3n) is 6.06. The monoisotopic (exact) mass is 629 g/mol. The third kappa shape index (κ3) is 25.1. The standard InChI is InChI=1S/C26H38N2O2.C5H10.C4H11N.C2H7N.C2H6/c1-6-10-14-25(29-9-4)19-23-20-27-26(28(23)18-11-7-2)22-13-12-15-24(17-16-22)30-21(5)8-3;2*1-3-5-4-2;1-3-2;1-2/h8,10,14,16-17,19-20H,6-7,9,11-13,15,18H2,1-5H3;3H,1,4-5H2,2H3;5H,3-4H2,1-2H3;3H,1-2H3;1-2H3/b14-10-,21-8+,25-19+;;;;. The summed E-state index contributed by atoms with van der Waals surface area (Å²) in [5.74, 6) is 3.91. The molecule has 6 heteroatoms. The quantitative estimate of drug-likeness (QED) is 0.115. The second-order valence-corrected chi connectivity index (χ2v) is 10.0. The molecule has 0 amide bonds. The Balaban J connectivity index is -0.000000982. The van der Waals surface area contributed by atoms with E-state index in [1.54, 1.807) is 0 Å². The van der Waals surface area contributed by atoms with Crippen LogP contribution in [0.4, 0.5) is 0 Å². The highest BCUT2D eigenvalue weighted by Crippen LogP contribution is 2.28. The van der Waals surface area contributed by atoms with E-state index in [4.69, 9.17) is 14.5 Å². The number of rotatable bonds is 15. The maximum atomic E-state index is 5.94. The number of ether oxygens (including phenoxy) is 2. The Hall–Kier alpha value is -2.83. The summed E-state index contributed by atoms with van der Waals surface area (Å²) >= 11 is 0. The summed E-state index contributed by atoms with van der Waals surface area (Å²) in [7, 11) is 3.75. The van der Waals surface area contributed by atoms with Crippen LogP contribution in [0.5, 0.6) is 0 Å². The van der Waals surface area contributed by atoms with Gasteiger partial charge >= 0.3 is 0 Å². The van der Waals surface area contributed by atoms with E-state index in [1.807, 2.05) is 67.1 Å². The van der Waals surface area contributed by atoms with Crippen LogP contribution in [0.3, 0.4) is 0 Å². The van der Waals surface area contributed by atoms with Gasteiger partial charge in [-0.15, -0.1) is 6.58 Å². The molecular formula is C39H72N4O2. The molecule has 0 saturated heterocycles. The predicted octanol–water partition coefficient (Wildman–Crippen LogP) is 10.9. The SMILES string of the molecule is C/C=C(\C)OC1=CC=C(c2ncc(/C=C(\C=C/CC)OCC)n2CCCC)CCC1.C=CCCC.CC.CCNCC.CNC. The summed E-state index contributed by atoms with van der Waals surface area (Å²) in [6.07, 6.45) is 25.1. The molecule has 1 aromatic rings. The maximum Gasteiger partial charge on any atom is 0.136 e. The Morgan fingerprint density at radius 3 is 2.16 bits per heavy atom. The number of aromatic nitrogens is 2. The van der Waals surface area contributed by atoms with Gasteiger partial charge in [0.25, 0.3) is 0 Å². The second-order valence-electron chi connectivity index (χ2n) is 10.0. The van der Waals surface area contributed by atoms with Crippen LogP contribution in [0.15, 0.2) is 66.5 Å². The average molecular weight is 629 g/mol. The molecule has 260 valence electrons. The molecule has 1 aliphatic carbocycles. The first-order chi connectivity index (χ1) is 21.9. The molecule has 45 heavy (non-hydrogen) atoms. The minimum atomic E-state index is 0.653. The lowest BCUT2D eigenvalue weighted by atomic mass is 10.1. The Kier molecular flexibility index (Phi) is 36.9. The smallest absolute Gasteiger partial charge is 0.136 e. The summed E-state index contributed by atoms with van der Waals surface area (Å²) in [5.41, 5.74) is 2.36. The van der Waals surface area contributed by atoms with Gasteiger partial charge in [-0.05, 0) is 104 Å². The molecule has 6 nitrogen and oxygen atoms in total. The highest BCUT2D eigenvalue weighted by molar-refractivity contribution is 5.65. The van der Waals surface area contributed by atoms with Gasteiger partial charge in [0.05, 0.1) is 24.3 Å². The van der Waals surface area contributed by atoms with Crippen molar-refractivity contribution in [2.75, 3.05) is 33.8 Å². The van der Waals surface area contributed by atoms with Crippen molar-refractivity contribution in [1.82, 2.24) is 20.2 Å². The van der Waals surface area contributed by atoms with Crippen LogP contribution in [-0.2, 0) is 16.0 Å². The van der Waals surface area contributed by atoms with Gasteiger partial charge in [0.15, 0.2) is 0 Å². The Morgan fingerprint density at radius 1 is 1.02 bits per heavy atom. The van der Waals surface area contributed by atoms with Crippen molar-refractivity contribution < 1.29 is 9.47 Å². The first-order valence-corrected chi connectivity index (χ1v) is 17.5. The number of nitrogens with zero attached hydrogens (tertiary/aromatic N) is 2. The highest BCUT2D eigenvalue weighted by Gasteiger charge is 2.15. The second kappa shape index (κ2) is 35.6. The van der Waals surface area contributed by atoms with Crippen LogP contribution in [-0.4, -0.2) is 43.3 Å². The fraction of sp³-hybridized carbons (Fsp3) is 0.615. The largest absolute Gasteiger partial charge is 0.494 e. The van der Waals surface area contributed by atoms with Crippen molar-refractivity contribution in [3.63, 3.8) is 0 Å². The fourth-order valence-electron chi connectivity index (χ4n) is 3.80. The van der Waals surface area contributed by atoms with Gasteiger partial charge in [-0.25, -0.2) is 4.98 Å². The van der Waals surface area contributed by atoms with E-state index >= 15 is 0 Å². The molecule has 1 aliphatic rings. The summed E-state index contributed by atoms with van der Waals surface area (Å²) in [6, 6.07) is 0. The molecule has 2 N–H and O–H groups in total. The van der Waals surface area contributed by atoms with Gasteiger partial charge in [-0.2, -0.15) is 0 Å². The van der Waals surface area contributed by atoms with E-state index in [-0.39, 0.29) is 0 Å². The Morgan fingerprint density at radius 2 is 1.69 bits per heavy atom. The number of nitrogens with one attached hydrogen (secondary N) is 2. The van der Waals surface area contributed by atoms with Gasteiger partial charge in [0.1, 0.15) is 17.3 Å². The van der Waals surface area contributed by atoms with Crippen LogP contribution in [0, 0.1) is 0 Å². The van der Waals surface area contributed by atoms with Crippen molar-refractivity contribution in [3.05, 3.63) is 78.0 Å². The molecule has 0 radical (unpaired) electrons. The van der Waals surface area contributed by atoms with Gasteiger partial charge in [-0.1, -0.05) is 79.5 Å². The van der Waals surface area contributed by atoms with Crippen LogP contribution in [0.1, 0.15) is 132 Å². The first kappa shape index (κ1) is 46.6. The van der Waals surface area contributed by atoms with E-state index in [0.29, 0.717) is 6.61 Å². The molecule has 0 unspecified atom stereocenters. The number of imidazole rings is 1. The first-order valence-electron chi connectivity index (χ1n) is 17.5. The molecule has 1 aromatic heterocycles. The lowest BCUT2D eigenvalue weighted by Crippen LogP contribution is -2.09. The molecule has 0 aliphatic heterocycles. The molecule has 0 bridgehead atoms. The molecule has 0 fully saturated rings. The van der Waals surface area contributed by atoms with E-state index in [2.05, 4.69) is 86.8 Å². The lowest BCUT2D eigenvalue weighted by Gasteiger charge is -2.12. The van der Waals surface area contributed by atoms with Crippen molar-refractivity contribution in [2.45, 2.75) is 127 Å². The van der Waals surface area contributed by atoms with Gasteiger partial charge in [0.2, 0.25) is 0 Å². The normalized spacial score (nSPS) is 12.8. The number of hydrogen-bond acceptors (Lipinski definition) is 5. The summed E-state index contributed by atoms with van der Waals surface area (Å²) in [5, 5.41) is 5.86. The van der Waals surface area contributed by atoms with Crippen molar-refractivity contribution in [2.24, 2.45) is 0 Å². The van der Waals surface area contributed by atoms with E-state index < -0.39 is 0 Å². The highest BCUT2D eigenvalue weighted by atomic mass is 16.5. The molecule has 0 spiro atoms. The van der Waals surface area contributed by atoms with Crippen LogP contribution in [0.2, 0.25) is 0 Å². The number of allylic oxidation sites excluding steroid dienone is 9. The van der Waals surface area contributed by atoms with Gasteiger partial charge < -0.3 is 24.7 Å². The minimum absolute atomic E-state index is 0.653. The minimum Gasteiger partial charge on any atom is -0.494 e. The van der Waals surface area contributed by atoms with E-state index in [9.17, 15) is 0 Å². The summed E-state index contributed by atoms with van der Waals surface area (Å²) < 4.78 is 14.1. The zero-order valence-corrected chi connectivity index (χ0v) is 31.5. The summed E-state index contributed by atoms with van der Waals surface area (Å²) in [4.78, 5) is 4.82. The van der Waals surface area contributed by atoms with Crippen molar-refractivity contribution in [1.29, 1.82) is 0 Å². The lowest BCUT2D eigenvalue weighted by molar-refractivity contribution is 0.245. The van der Waals surface area contributed by atoms with Gasteiger partial charge in [0, 0.05) is 19.0 Å². The third-order valence-corrected chi connectivity index (χ3v) is 6.06. The van der Waals surface area contributed by atoms with E-state index in [0.717, 1.165) is 93.4 Å². The van der Waals surface area contributed by atoms with Crippen LogP contribution >= 0.6 is 0 Å². The molecule has 0 aromatic carbocycles. The van der Waals surface area contributed by atoms with Crippen molar-refractivity contribution in [3.8, 4) is 0 Å². The van der Waals surface area contributed by atoms with Crippen molar-refractivity contribution >= 4 is 11.6 Å². The Bertz CT molecular complexity index is 966. The molecular weight excluding hydrogens is 556 g/mol.